The van der Waals surface area contributed by atoms with Crippen molar-refractivity contribution in [1.82, 2.24) is 24.9 Å². The second kappa shape index (κ2) is 9.38. The molecule has 0 spiro atoms. The third-order valence-electron chi connectivity index (χ3n) is 5.80. The third-order valence-corrected chi connectivity index (χ3v) is 6.10. The van der Waals surface area contributed by atoms with Crippen molar-refractivity contribution >= 4 is 23.3 Å². The first-order valence-electron chi connectivity index (χ1n) is 10.5. The summed E-state index contributed by atoms with van der Waals surface area (Å²) in [5.41, 5.74) is -0.0226. The van der Waals surface area contributed by atoms with E-state index in [9.17, 15) is 18.0 Å². The minimum Gasteiger partial charge on any atom is -0.368 e. The van der Waals surface area contributed by atoms with Gasteiger partial charge in [0.25, 0.3) is 5.91 Å². The number of pyridine rings is 1. The summed E-state index contributed by atoms with van der Waals surface area (Å²) in [5, 5.41) is 11.7. The van der Waals surface area contributed by atoms with Crippen molar-refractivity contribution in [2.75, 3.05) is 18.4 Å². The average Bonchev–Trinajstić information content (AvgIpc) is 3.31. The van der Waals surface area contributed by atoms with Crippen LogP contribution in [0.25, 0.3) is 5.69 Å². The Bertz CT molecular complexity index is 1100. The van der Waals surface area contributed by atoms with E-state index in [2.05, 4.69) is 27.4 Å². The van der Waals surface area contributed by atoms with Gasteiger partial charge in [-0.1, -0.05) is 24.6 Å². The van der Waals surface area contributed by atoms with Crippen LogP contribution in [0.1, 0.15) is 35.7 Å². The number of aromatic nitrogens is 4. The number of carbonyl (C=O) groups is 1. The molecule has 3 aromatic rings. The number of rotatable bonds is 5. The number of hydrogen-bond donors (Lipinski definition) is 1. The van der Waals surface area contributed by atoms with Crippen LogP contribution in [0.15, 0.2) is 48.9 Å². The van der Waals surface area contributed by atoms with Crippen molar-refractivity contribution in [2.45, 2.75) is 32.0 Å². The van der Waals surface area contributed by atoms with Crippen molar-refractivity contribution in [3.05, 3.63) is 65.1 Å². The van der Waals surface area contributed by atoms with Crippen molar-refractivity contribution in [1.29, 1.82) is 0 Å². The maximum atomic E-state index is 13.6. The van der Waals surface area contributed by atoms with Crippen LogP contribution in [0.2, 0.25) is 5.02 Å². The molecule has 1 saturated heterocycles. The van der Waals surface area contributed by atoms with Gasteiger partial charge in [0.1, 0.15) is 11.5 Å². The van der Waals surface area contributed by atoms with Gasteiger partial charge in [0.05, 0.1) is 34.6 Å². The summed E-state index contributed by atoms with van der Waals surface area (Å²) < 4.78 is 38.4. The first-order chi connectivity index (χ1) is 15.8. The lowest BCUT2D eigenvalue weighted by Crippen LogP contribution is -2.51. The van der Waals surface area contributed by atoms with Gasteiger partial charge < -0.3 is 10.2 Å². The maximum Gasteiger partial charge on any atom is 0.417 e. The van der Waals surface area contributed by atoms with Gasteiger partial charge in [0.15, 0.2) is 0 Å². The van der Waals surface area contributed by atoms with E-state index in [0.29, 0.717) is 35.2 Å². The number of carbonyl (C=O) groups excluding carboxylic acids is 1. The molecule has 0 aliphatic carbocycles. The number of hydrogen-bond acceptors (Lipinski definition) is 5. The van der Waals surface area contributed by atoms with E-state index in [1.165, 1.54) is 23.3 Å². The Balaban J connectivity index is 1.56. The highest BCUT2D eigenvalue weighted by Crippen LogP contribution is 2.31. The Kier molecular flexibility index (Phi) is 6.55. The predicted octanol–water partition coefficient (Wildman–Crippen LogP) is 4.69. The third kappa shape index (κ3) is 4.95. The molecule has 1 N–H and O–H groups in total. The lowest BCUT2D eigenvalue weighted by atomic mass is 9.90. The number of amides is 1. The molecule has 0 bridgehead atoms. The van der Waals surface area contributed by atoms with Crippen molar-refractivity contribution in [3.8, 4) is 5.69 Å². The molecule has 33 heavy (non-hydrogen) atoms. The van der Waals surface area contributed by atoms with E-state index in [1.807, 2.05) is 0 Å². The van der Waals surface area contributed by atoms with Crippen molar-refractivity contribution in [3.63, 3.8) is 0 Å². The Hall–Kier alpha value is -3.14. The Morgan fingerprint density at radius 3 is 2.64 bits per heavy atom. The summed E-state index contributed by atoms with van der Waals surface area (Å²) >= 11 is 6.38. The predicted molar refractivity (Wildman–Crippen MR) is 117 cm³/mol. The Morgan fingerprint density at radius 2 is 1.97 bits per heavy atom. The number of alkyl halides is 3. The number of benzene rings is 1. The molecule has 1 amide bonds. The molecule has 11 heteroatoms. The zero-order valence-electron chi connectivity index (χ0n) is 17.8. The molecule has 1 aromatic carbocycles. The van der Waals surface area contributed by atoms with Crippen LogP contribution in [0.3, 0.4) is 0 Å². The molecular weight excluding hydrogens is 457 g/mol. The number of nitrogens with one attached hydrogen (secondary N) is 1. The van der Waals surface area contributed by atoms with E-state index in [4.69, 9.17) is 11.6 Å². The van der Waals surface area contributed by atoms with Gasteiger partial charge in [-0.2, -0.15) is 23.4 Å². The van der Waals surface area contributed by atoms with Gasteiger partial charge in [-0.25, -0.2) is 4.98 Å². The smallest absolute Gasteiger partial charge is 0.368 e. The number of piperidine rings is 1. The van der Waals surface area contributed by atoms with Crippen LogP contribution in [0, 0.1) is 5.92 Å². The van der Waals surface area contributed by atoms with Crippen LogP contribution in [-0.2, 0) is 6.18 Å². The quantitative estimate of drug-likeness (QED) is 0.576. The fourth-order valence-electron chi connectivity index (χ4n) is 4.06. The van der Waals surface area contributed by atoms with Crippen LogP contribution in [0.4, 0.5) is 19.0 Å². The summed E-state index contributed by atoms with van der Waals surface area (Å²) in [6.07, 6.45) is 1.14. The summed E-state index contributed by atoms with van der Waals surface area (Å²) in [6.45, 7) is 2.95. The summed E-state index contributed by atoms with van der Waals surface area (Å²) in [5.74, 6) is 0.288. The highest BCUT2D eigenvalue weighted by molar-refractivity contribution is 6.33. The van der Waals surface area contributed by atoms with E-state index < -0.39 is 11.7 Å². The molecule has 2 atom stereocenters. The van der Waals surface area contributed by atoms with Crippen molar-refractivity contribution < 1.29 is 18.0 Å². The SMILES string of the molecule is C[C@@H]1CCCN(C(=O)c2cccc(Cl)c2-n2nccn2)[C@@H]1CNc1ccc(C(F)(F)F)cn1. The van der Waals surface area contributed by atoms with Crippen LogP contribution < -0.4 is 5.32 Å². The van der Waals surface area contributed by atoms with Gasteiger partial charge in [-0.05, 0) is 43.0 Å². The Labute approximate surface area is 193 Å². The summed E-state index contributed by atoms with van der Waals surface area (Å²) in [7, 11) is 0. The molecule has 1 fully saturated rings. The molecule has 0 saturated carbocycles. The van der Waals surface area contributed by atoms with Gasteiger partial charge in [-0.15, -0.1) is 4.80 Å². The second-order valence-corrected chi connectivity index (χ2v) is 8.36. The zero-order valence-corrected chi connectivity index (χ0v) is 18.5. The summed E-state index contributed by atoms with van der Waals surface area (Å²) in [6, 6.07) is 7.15. The minimum absolute atomic E-state index is 0.176. The van der Waals surface area contributed by atoms with Crippen LogP contribution in [-0.4, -0.2) is 49.9 Å². The monoisotopic (exact) mass is 478 g/mol. The molecule has 2 aromatic heterocycles. The van der Waals surface area contributed by atoms with E-state index in [-0.39, 0.29) is 17.9 Å². The topological polar surface area (TPSA) is 75.9 Å². The van der Waals surface area contributed by atoms with Crippen molar-refractivity contribution in [2.24, 2.45) is 5.92 Å². The van der Waals surface area contributed by atoms with Gasteiger partial charge in [0, 0.05) is 19.3 Å². The highest BCUT2D eigenvalue weighted by atomic mass is 35.5. The molecule has 3 heterocycles. The zero-order chi connectivity index (χ0) is 23.6. The number of likely N-dealkylation sites (tertiary alicyclic amines) is 1. The fraction of sp³-hybridized carbons (Fsp3) is 0.364. The largest absolute Gasteiger partial charge is 0.417 e. The first kappa shape index (κ1) is 23.0. The summed E-state index contributed by atoms with van der Waals surface area (Å²) in [4.78, 5) is 20.6. The maximum absolute atomic E-state index is 13.6. The highest BCUT2D eigenvalue weighted by Gasteiger charge is 2.34. The number of nitrogens with zero attached hydrogens (tertiary/aromatic N) is 5. The molecule has 1 aliphatic heterocycles. The molecule has 7 nitrogen and oxygen atoms in total. The lowest BCUT2D eigenvalue weighted by molar-refractivity contribution is -0.137. The van der Waals surface area contributed by atoms with E-state index in [1.54, 1.807) is 23.1 Å². The normalized spacial score (nSPS) is 18.9. The molecule has 0 radical (unpaired) electrons. The molecule has 1 aliphatic rings. The van der Waals surface area contributed by atoms with E-state index >= 15 is 0 Å². The van der Waals surface area contributed by atoms with Crippen LogP contribution >= 0.6 is 11.6 Å². The van der Waals surface area contributed by atoms with Gasteiger partial charge in [-0.3, -0.25) is 4.79 Å². The average molecular weight is 479 g/mol. The lowest BCUT2D eigenvalue weighted by Gasteiger charge is -2.40. The van der Waals surface area contributed by atoms with Gasteiger partial charge >= 0.3 is 6.18 Å². The fourth-order valence-corrected chi connectivity index (χ4v) is 4.32. The number of para-hydroxylation sites is 1. The molecule has 174 valence electrons. The molecule has 0 unspecified atom stereocenters. The van der Waals surface area contributed by atoms with E-state index in [0.717, 1.165) is 25.1 Å². The number of anilines is 1. The number of halogens is 4. The molecular formula is C22H22ClF3N6O. The second-order valence-electron chi connectivity index (χ2n) is 7.95. The van der Waals surface area contributed by atoms with Crippen LogP contribution in [0.5, 0.6) is 0 Å². The standard InChI is InChI=1S/C22H22ClF3N6O/c1-14-4-3-11-31(18(14)13-28-19-8-7-15(12-27-19)22(24,25)26)21(33)16-5-2-6-17(23)20(16)32-29-9-10-30-32/h2,5-10,12,14,18H,3-4,11,13H2,1H3,(H,27,28)/t14-,18-/m1/s1. The first-order valence-corrected chi connectivity index (χ1v) is 10.9. The molecule has 4 rings (SSSR count). The minimum atomic E-state index is -4.44. The van der Waals surface area contributed by atoms with Gasteiger partial charge in [0.2, 0.25) is 0 Å². The Morgan fingerprint density at radius 1 is 1.21 bits per heavy atom.